The summed E-state index contributed by atoms with van der Waals surface area (Å²) in [6.45, 7) is 6.72. The van der Waals surface area contributed by atoms with Gasteiger partial charge in [-0.3, -0.25) is 19.3 Å². The van der Waals surface area contributed by atoms with Crippen LogP contribution in [0.25, 0.3) is 5.69 Å². The van der Waals surface area contributed by atoms with Crippen molar-refractivity contribution in [1.29, 1.82) is 0 Å². The van der Waals surface area contributed by atoms with Crippen LogP contribution >= 0.6 is 0 Å². The average Bonchev–Trinajstić information content (AvgIpc) is 3.24. The highest BCUT2D eigenvalue weighted by Crippen LogP contribution is 2.26. The van der Waals surface area contributed by atoms with Crippen molar-refractivity contribution in [3.8, 4) is 5.69 Å². The number of unbranched alkanes of at least 4 members (excludes halogenated alkanes) is 1. The van der Waals surface area contributed by atoms with Gasteiger partial charge in [-0.1, -0.05) is 31.5 Å². The van der Waals surface area contributed by atoms with E-state index in [1.54, 1.807) is 30.1 Å². The van der Waals surface area contributed by atoms with Gasteiger partial charge in [-0.15, -0.1) is 0 Å². The summed E-state index contributed by atoms with van der Waals surface area (Å²) in [4.78, 5) is 41.4. The summed E-state index contributed by atoms with van der Waals surface area (Å²) in [5.41, 5.74) is 4.84. The highest BCUT2D eigenvalue weighted by Gasteiger charge is 2.35. The van der Waals surface area contributed by atoms with Crippen molar-refractivity contribution in [2.45, 2.75) is 40.2 Å². The van der Waals surface area contributed by atoms with Crippen molar-refractivity contribution >= 4 is 17.7 Å². The zero-order valence-corrected chi connectivity index (χ0v) is 19.5. The second kappa shape index (κ2) is 9.02. The Morgan fingerprint density at radius 3 is 2.39 bits per heavy atom. The number of carbonyl (C=O) groups is 3. The number of imide groups is 1. The third-order valence-electron chi connectivity index (χ3n) is 6.14. The van der Waals surface area contributed by atoms with Gasteiger partial charge in [-0.25, -0.2) is 4.68 Å². The molecule has 0 bridgehead atoms. The predicted octanol–water partition coefficient (Wildman–Crippen LogP) is 4.16. The summed E-state index contributed by atoms with van der Waals surface area (Å²) in [7, 11) is 1.73. The van der Waals surface area contributed by atoms with E-state index < -0.39 is 0 Å². The summed E-state index contributed by atoms with van der Waals surface area (Å²) in [5.74, 6) is -0.816. The third-order valence-corrected chi connectivity index (χ3v) is 6.14. The number of hydrogen-bond acceptors (Lipinski definition) is 4. The topological polar surface area (TPSA) is 75.5 Å². The Morgan fingerprint density at radius 2 is 1.70 bits per heavy atom. The number of benzene rings is 2. The molecule has 0 spiro atoms. The van der Waals surface area contributed by atoms with E-state index in [9.17, 15) is 14.4 Å². The number of amides is 3. The fraction of sp³-hybridized carbons (Fsp3) is 0.308. The average molecular weight is 445 g/mol. The normalized spacial score (nSPS) is 12.9. The van der Waals surface area contributed by atoms with Crippen molar-refractivity contribution in [3.63, 3.8) is 0 Å². The smallest absolute Gasteiger partial charge is 0.261 e. The van der Waals surface area contributed by atoms with Crippen LogP contribution in [-0.2, 0) is 6.54 Å². The standard InChI is InChI=1S/C26H28N4O3/c1-5-6-14-29-25(32)21-13-12-19(15-22(21)26(29)33)24(31)28(4)16-23-17(2)27-30(18(23)3)20-10-8-7-9-11-20/h7-13,15H,5-6,14,16H2,1-4H3. The predicted molar refractivity (Wildman–Crippen MR) is 126 cm³/mol. The molecule has 0 saturated heterocycles. The van der Waals surface area contributed by atoms with Crippen molar-refractivity contribution in [2.24, 2.45) is 0 Å². The molecule has 33 heavy (non-hydrogen) atoms. The Balaban J connectivity index is 1.55. The molecule has 7 nitrogen and oxygen atoms in total. The van der Waals surface area contributed by atoms with Gasteiger partial charge in [0.25, 0.3) is 17.7 Å². The zero-order valence-electron chi connectivity index (χ0n) is 19.5. The van der Waals surface area contributed by atoms with Crippen LogP contribution in [0.5, 0.6) is 0 Å². The first kappa shape index (κ1) is 22.5. The number of para-hydroxylation sites is 1. The fourth-order valence-corrected chi connectivity index (χ4v) is 4.20. The van der Waals surface area contributed by atoms with Crippen LogP contribution in [0.3, 0.4) is 0 Å². The molecule has 1 aromatic heterocycles. The number of aromatic nitrogens is 2. The van der Waals surface area contributed by atoms with Gasteiger partial charge in [0.15, 0.2) is 0 Å². The number of hydrogen-bond donors (Lipinski definition) is 0. The highest BCUT2D eigenvalue weighted by atomic mass is 16.2. The number of fused-ring (bicyclic) bond motifs is 1. The molecule has 4 rings (SSSR count). The van der Waals surface area contributed by atoms with Crippen molar-refractivity contribution in [3.05, 3.63) is 82.2 Å². The minimum absolute atomic E-state index is 0.212. The molecule has 0 unspecified atom stereocenters. The first-order valence-electron chi connectivity index (χ1n) is 11.2. The van der Waals surface area contributed by atoms with Gasteiger partial charge in [0, 0.05) is 37.0 Å². The maximum Gasteiger partial charge on any atom is 0.261 e. The maximum absolute atomic E-state index is 13.2. The van der Waals surface area contributed by atoms with E-state index in [2.05, 4.69) is 5.10 Å². The van der Waals surface area contributed by atoms with E-state index in [1.165, 1.54) is 4.90 Å². The minimum Gasteiger partial charge on any atom is -0.337 e. The molecule has 3 aromatic rings. The lowest BCUT2D eigenvalue weighted by Crippen LogP contribution is -2.30. The second-order valence-corrected chi connectivity index (χ2v) is 8.43. The second-order valence-electron chi connectivity index (χ2n) is 8.43. The molecule has 2 heterocycles. The van der Waals surface area contributed by atoms with Gasteiger partial charge in [0.05, 0.1) is 22.5 Å². The molecule has 0 fully saturated rings. The van der Waals surface area contributed by atoms with E-state index in [1.807, 2.05) is 55.8 Å². The Kier molecular flexibility index (Phi) is 6.14. The molecule has 7 heteroatoms. The number of aryl methyl sites for hydroxylation is 1. The molecule has 0 atom stereocenters. The molecule has 170 valence electrons. The van der Waals surface area contributed by atoms with Crippen molar-refractivity contribution < 1.29 is 14.4 Å². The van der Waals surface area contributed by atoms with Crippen LogP contribution in [0.2, 0.25) is 0 Å². The Labute approximate surface area is 193 Å². The summed E-state index contributed by atoms with van der Waals surface area (Å²) in [6, 6.07) is 14.6. The van der Waals surface area contributed by atoms with Crippen LogP contribution in [-0.4, -0.2) is 50.9 Å². The van der Waals surface area contributed by atoms with Crippen LogP contribution in [0.15, 0.2) is 48.5 Å². The molecule has 1 aliphatic rings. The highest BCUT2D eigenvalue weighted by molar-refractivity contribution is 6.22. The van der Waals surface area contributed by atoms with Crippen molar-refractivity contribution in [2.75, 3.05) is 13.6 Å². The molecular formula is C26H28N4O3. The summed E-state index contributed by atoms with van der Waals surface area (Å²) in [6.07, 6.45) is 1.65. The number of nitrogens with zero attached hydrogens (tertiary/aromatic N) is 4. The number of rotatable bonds is 7. The Morgan fingerprint density at radius 1 is 1.00 bits per heavy atom. The molecule has 0 aliphatic carbocycles. The minimum atomic E-state index is -0.323. The van der Waals surface area contributed by atoms with Crippen molar-refractivity contribution in [1.82, 2.24) is 19.6 Å². The molecule has 0 radical (unpaired) electrons. The van der Waals surface area contributed by atoms with Gasteiger partial charge >= 0.3 is 0 Å². The van der Waals surface area contributed by atoms with Crippen LogP contribution in [0.1, 0.15) is 67.8 Å². The van der Waals surface area contributed by atoms with E-state index in [4.69, 9.17) is 0 Å². The quantitative estimate of drug-likeness (QED) is 0.513. The third kappa shape index (κ3) is 4.06. The molecule has 0 saturated carbocycles. The van der Waals surface area contributed by atoms with Gasteiger partial charge in [0.1, 0.15) is 0 Å². The maximum atomic E-state index is 13.2. The number of carbonyl (C=O) groups excluding carboxylic acids is 3. The SMILES string of the molecule is CCCCN1C(=O)c2ccc(C(=O)N(C)Cc3c(C)nn(-c4ccccc4)c3C)cc2C1=O. The van der Waals surface area contributed by atoms with Crippen LogP contribution < -0.4 is 0 Å². The molecule has 1 aliphatic heterocycles. The van der Waals surface area contributed by atoms with Crippen LogP contribution in [0.4, 0.5) is 0 Å². The lowest BCUT2D eigenvalue weighted by atomic mass is 10.0. The van der Waals surface area contributed by atoms with E-state index in [0.29, 0.717) is 29.8 Å². The van der Waals surface area contributed by atoms with Gasteiger partial charge < -0.3 is 4.90 Å². The summed E-state index contributed by atoms with van der Waals surface area (Å²) < 4.78 is 1.88. The summed E-state index contributed by atoms with van der Waals surface area (Å²) >= 11 is 0. The molecule has 3 amide bonds. The van der Waals surface area contributed by atoms with E-state index >= 15 is 0 Å². The monoisotopic (exact) mass is 444 g/mol. The molecule has 2 aromatic carbocycles. The first-order valence-corrected chi connectivity index (χ1v) is 11.2. The molecular weight excluding hydrogens is 416 g/mol. The van der Waals surface area contributed by atoms with Gasteiger partial charge in [-0.2, -0.15) is 5.10 Å². The van der Waals surface area contributed by atoms with Gasteiger partial charge in [-0.05, 0) is 50.6 Å². The Bertz CT molecular complexity index is 1230. The van der Waals surface area contributed by atoms with Gasteiger partial charge in [0.2, 0.25) is 0 Å². The largest absolute Gasteiger partial charge is 0.337 e. The van der Waals surface area contributed by atoms with E-state index in [0.717, 1.165) is 35.5 Å². The zero-order chi connectivity index (χ0) is 23.7. The fourth-order valence-electron chi connectivity index (χ4n) is 4.20. The van der Waals surface area contributed by atoms with E-state index in [-0.39, 0.29) is 17.7 Å². The Hall–Kier alpha value is -3.74. The lowest BCUT2D eigenvalue weighted by Gasteiger charge is -2.18. The lowest BCUT2D eigenvalue weighted by molar-refractivity contribution is 0.0652. The first-order chi connectivity index (χ1) is 15.8. The van der Waals surface area contributed by atoms with Crippen LogP contribution in [0, 0.1) is 13.8 Å². The summed E-state index contributed by atoms with van der Waals surface area (Å²) in [5, 5.41) is 4.65. The molecule has 0 N–H and O–H groups in total.